The monoisotopic (exact) mass is 153 g/mol. The van der Waals surface area contributed by atoms with Crippen molar-refractivity contribution in [2.75, 3.05) is 7.11 Å². The van der Waals surface area contributed by atoms with Crippen molar-refractivity contribution >= 4 is 10.3 Å². The number of rotatable bonds is 1. The Hall–Kier alpha value is -0.390. The van der Waals surface area contributed by atoms with Crippen molar-refractivity contribution in [3.63, 3.8) is 0 Å². The molecular formula is C4H11NO3S. The van der Waals surface area contributed by atoms with Crippen LogP contribution >= 0.6 is 0 Å². The molecule has 0 saturated carbocycles. The summed E-state index contributed by atoms with van der Waals surface area (Å²) in [5, 5.41) is 4.28. The molecule has 0 aliphatic heterocycles. The second-order valence-corrected chi connectivity index (χ2v) is 2.39. The minimum atomic E-state index is -3.66. The SMILES string of the molecule is C=CC.COS(N)(=O)=O. The van der Waals surface area contributed by atoms with Crippen LogP contribution in [0.1, 0.15) is 6.92 Å². The summed E-state index contributed by atoms with van der Waals surface area (Å²) in [7, 11) is -2.67. The van der Waals surface area contributed by atoms with E-state index in [-0.39, 0.29) is 0 Å². The van der Waals surface area contributed by atoms with Crippen LogP contribution < -0.4 is 5.14 Å². The van der Waals surface area contributed by atoms with Gasteiger partial charge in [-0.15, -0.1) is 6.58 Å². The fraction of sp³-hybridized carbons (Fsp3) is 0.500. The van der Waals surface area contributed by atoms with Crippen molar-refractivity contribution in [3.05, 3.63) is 12.7 Å². The molecule has 0 unspecified atom stereocenters. The first kappa shape index (κ1) is 11.4. The summed E-state index contributed by atoms with van der Waals surface area (Å²) in [5.41, 5.74) is 0. The second-order valence-electron chi connectivity index (χ2n) is 1.07. The van der Waals surface area contributed by atoms with E-state index in [4.69, 9.17) is 0 Å². The normalized spacial score (nSPS) is 9.22. The lowest BCUT2D eigenvalue weighted by atomic mass is 10.8. The summed E-state index contributed by atoms with van der Waals surface area (Å²) in [4.78, 5) is 0. The van der Waals surface area contributed by atoms with Crippen molar-refractivity contribution in [2.45, 2.75) is 6.92 Å². The molecule has 0 radical (unpaired) electrons. The van der Waals surface area contributed by atoms with Crippen LogP contribution in [0.3, 0.4) is 0 Å². The molecule has 5 heteroatoms. The zero-order chi connectivity index (χ0) is 7.91. The Labute approximate surface area is 55.6 Å². The van der Waals surface area contributed by atoms with Crippen molar-refractivity contribution in [1.82, 2.24) is 0 Å². The number of allylic oxidation sites excluding steroid dienone is 1. The first-order chi connectivity index (χ1) is 3.97. The van der Waals surface area contributed by atoms with Crippen LogP contribution in [0.2, 0.25) is 0 Å². The molecule has 0 aromatic rings. The Morgan fingerprint density at radius 1 is 1.67 bits per heavy atom. The van der Waals surface area contributed by atoms with E-state index < -0.39 is 10.3 Å². The predicted molar refractivity (Wildman–Crippen MR) is 36.0 cm³/mol. The minimum Gasteiger partial charge on any atom is -0.262 e. The quantitative estimate of drug-likeness (QED) is 0.540. The smallest absolute Gasteiger partial charge is 0.262 e. The molecule has 0 atom stereocenters. The minimum absolute atomic E-state index is 0.995. The molecule has 0 rings (SSSR count). The molecule has 56 valence electrons. The van der Waals surface area contributed by atoms with Crippen LogP contribution in [-0.4, -0.2) is 15.5 Å². The van der Waals surface area contributed by atoms with Crippen LogP contribution in [0.5, 0.6) is 0 Å². The second kappa shape index (κ2) is 5.74. The van der Waals surface area contributed by atoms with Gasteiger partial charge in [0.05, 0.1) is 7.11 Å². The lowest BCUT2D eigenvalue weighted by Gasteiger charge is -1.84. The van der Waals surface area contributed by atoms with Gasteiger partial charge in [-0.2, -0.15) is 8.42 Å². The number of hydrogen-bond acceptors (Lipinski definition) is 3. The fourth-order valence-electron chi connectivity index (χ4n) is 0. The Morgan fingerprint density at radius 2 is 1.78 bits per heavy atom. The van der Waals surface area contributed by atoms with E-state index >= 15 is 0 Å². The summed E-state index contributed by atoms with van der Waals surface area (Å²) in [6, 6.07) is 0. The third kappa shape index (κ3) is 35.2. The molecule has 0 amide bonds. The van der Waals surface area contributed by atoms with Gasteiger partial charge in [-0.3, -0.25) is 4.18 Å². The molecule has 4 nitrogen and oxygen atoms in total. The maximum absolute atomic E-state index is 9.56. The molecular weight excluding hydrogens is 142 g/mol. The summed E-state index contributed by atoms with van der Waals surface area (Å²) in [6.45, 7) is 5.25. The predicted octanol–water partition coefficient (Wildman–Crippen LogP) is 0.0286. The van der Waals surface area contributed by atoms with Crippen LogP contribution in [0.25, 0.3) is 0 Å². The van der Waals surface area contributed by atoms with E-state index in [2.05, 4.69) is 15.9 Å². The van der Waals surface area contributed by atoms with Crippen molar-refractivity contribution in [3.8, 4) is 0 Å². The Morgan fingerprint density at radius 3 is 1.78 bits per heavy atom. The van der Waals surface area contributed by atoms with E-state index in [1.165, 1.54) is 0 Å². The van der Waals surface area contributed by atoms with Crippen LogP contribution in [-0.2, 0) is 14.5 Å². The van der Waals surface area contributed by atoms with E-state index in [0.29, 0.717) is 0 Å². The van der Waals surface area contributed by atoms with Crippen LogP contribution in [0.15, 0.2) is 12.7 Å². The van der Waals surface area contributed by atoms with Gasteiger partial charge in [-0.25, -0.2) is 5.14 Å². The third-order valence-corrected chi connectivity index (χ3v) is 0.697. The average Bonchev–Trinajstić information content (AvgIpc) is 1.67. The van der Waals surface area contributed by atoms with Gasteiger partial charge in [0.25, 0.3) is 0 Å². The standard InChI is InChI=1S/C3H6.CH5NO3S/c1-3-2;1-5-6(2,3)4/h3H,1H2,2H3;1H3,(H2,2,3,4). The lowest BCUT2D eigenvalue weighted by Crippen LogP contribution is -2.12. The molecule has 0 saturated heterocycles. The zero-order valence-corrected chi connectivity index (χ0v) is 6.31. The van der Waals surface area contributed by atoms with Crippen molar-refractivity contribution in [2.24, 2.45) is 5.14 Å². The maximum atomic E-state index is 9.56. The molecule has 2 N–H and O–H groups in total. The Bertz CT molecular complexity index is 149. The zero-order valence-electron chi connectivity index (χ0n) is 5.49. The Balaban J connectivity index is 0. The molecule has 0 spiro atoms. The number of hydrogen-bond donors (Lipinski definition) is 1. The molecule has 0 aromatic carbocycles. The molecule has 9 heavy (non-hydrogen) atoms. The summed E-state index contributed by atoms with van der Waals surface area (Å²) >= 11 is 0. The highest BCUT2D eigenvalue weighted by Gasteiger charge is 1.90. The van der Waals surface area contributed by atoms with Gasteiger partial charge >= 0.3 is 10.3 Å². The van der Waals surface area contributed by atoms with Gasteiger partial charge in [-0.05, 0) is 6.92 Å². The third-order valence-electron chi connectivity index (χ3n) is 0.232. The first-order valence-electron chi connectivity index (χ1n) is 2.13. The van der Waals surface area contributed by atoms with Gasteiger partial charge < -0.3 is 0 Å². The molecule has 0 aliphatic rings. The van der Waals surface area contributed by atoms with E-state index in [1.54, 1.807) is 6.08 Å². The van der Waals surface area contributed by atoms with E-state index in [9.17, 15) is 8.42 Å². The average molecular weight is 153 g/mol. The molecule has 0 fully saturated rings. The highest BCUT2D eigenvalue weighted by Crippen LogP contribution is 1.68. The maximum Gasteiger partial charge on any atom is 0.333 e. The van der Waals surface area contributed by atoms with Crippen molar-refractivity contribution < 1.29 is 12.6 Å². The highest BCUT2D eigenvalue weighted by atomic mass is 32.2. The Kier molecular flexibility index (Phi) is 7.28. The van der Waals surface area contributed by atoms with Gasteiger partial charge in [0.2, 0.25) is 0 Å². The fourth-order valence-corrected chi connectivity index (χ4v) is 0. The van der Waals surface area contributed by atoms with Gasteiger partial charge in [0, 0.05) is 0 Å². The lowest BCUT2D eigenvalue weighted by molar-refractivity contribution is 0.399. The summed E-state index contributed by atoms with van der Waals surface area (Å²) in [5.74, 6) is 0. The highest BCUT2D eigenvalue weighted by molar-refractivity contribution is 7.84. The van der Waals surface area contributed by atoms with Gasteiger partial charge in [-0.1, -0.05) is 6.08 Å². The summed E-state index contributed by atoms with van der Waals surface area (Å²) < 4.78 is 22.8. The van der Waals surface area contributed by atoms with Gasteiger partial charge in [0.1, 0.15) is 0 Å². The topological polar surface area (TPSA) is 69.4 Å². The van der Waals surface area contributed by atoms with Crippen molar-refractivity contribution in [1.29, 1.82) is 0 Å². The van der Waals surface area contributed by atoms with E-state index in [1.807, 2.05) is 6.92 Å². The molecule has 0 aromatic heterocycles. The largest absolute Gasteiger partial charge is 0.333 e. The van der Waals surface area contributed by atoms with E-state index in [0.717, 1.165) is 7.11 Å². The summed E-state index contributed by atoms with van der Waals surface area (Å²) in [6.07, 6.45) is 1.75. The first-order valence-corrected chi connectivity index (χ1v) is 3.60. The van der Waals surface area contributed by atoms with Crippen LogP contribution in [0.4, 0.5) is 0 Å². The van der Waals surface area contributed by atoms with Crippen LogP contribution in [0, 0.1) is 0 Å². The van der Waals surface area contributed by atoms with Gasteiger partial charge in [0.15, 0.2) is 0 Å². The molecule has 0 aliphatic carbocycles. The number of nitrogens with two attached hydrogens (primary N) is 1. The molecule has 0 heterocycles. The molecule has 0 bridgehead atoms.